The summed E-state index contributed by atoms with van der Waals surface area (Å²) >= 11 is 0. The maximum absolute atomic E-state index is 13.4. The van der Waals surface area contributed by atoms with Crippen molar-refractivity contribution < 1.29 is 14.0 Å². The van der Waals surface area contributed by atoms with Crippen LogP contribution in [0.15, 0.2) is 18.2 Å². The predicted molar refractivity (Wildman–Crippen MR) is 79.7 cm³/mol. The van der Waals surface area contributed by atoms with Gasteiger partial charge in [-0.15, -0.1) is 0 Å². The number of carbonyl (C=O) groups excluding carboxylic acids is 2. The molecule has 1 saturated heterocycles. The molecule has 1 aromatic rings. The van der Waals surface area contributed by atoms with E-state index in [1.807, 2.05) is 0 Å². The molecule has 0 radical (unpaired) electrons. The van der Waals surface area contributed by atoms with E-state index in [-0.39, 0.29) is 30.3 Å². The molecule has 1 aliphatic carbocycles. The minimum Gasteiger partial charge on any atom is -0.353 e. The number of benzene rings is 1. The van der Waals surface area contributed by atoms with Crippen LogP contribution in [-0.4, -0.2) is 36.5 Å². The third kappa shape index (κ3) is 3.21. The van der Waals surface area contributed by atoms with Crippen molar-refractivity contribution in [2.45, 2.75) is 25.8 Å². The van der Waals surface area contributed by atoms with Crippen molar-refractivity contribution in [3.05, 3.63) is 35.1 Å². The van der Waals surface area contributed by atoms with Gasteiger partial charge in [-0.25, -0.2) is 9.18 Å². The largest absolute Gasteiger partial charge is 0.353 e. The number of aryl methyl sites for hydroxylation is 1. The van der Waals surface area contributed by atoms with Crippen LogP contribution in [0, 0.1) is 18.7 Å². The van der Waals surface area contributed by atoms with Gasteiger partial charge in [0, 0.05) is 13.1 Å². The van der Waals surface area contributed by atoms with Gasteiger partial charge in [0.1, 0.15) is 12.4 Å². The zero-order valence-electron chi connectivity index (χ0n) is 12.6. The van der Waals surface area contributed by atoms with Crippen LogP contribution in [0.25, 0.3) is 0 Å². The molecule has 1 aromatic carbocycles. The minimum atomic E-state index is -0.239. The van der Waals surface area contributed by atoms with E-state index in [1.165, 1.54) is 11.0 Å². The van der Waals surface area contributed by atoms with E-state index in [1.54, 1.807) is 19.1 Å². The molecule has 2 N–H and O–H groups in total. The summed E-state index contributed by atoms with van der Waals surface area (Å²) in [5.74, 6) is 0.0201. The number of urea groups is 1. The van der Waals surface area contributed by atoms with Crippen molar-refractivity contribution in [3.63, 3.8) is 0 Å². The first-order chi connectivity index (χ1) is 10.5. The van der Waals surface area contributed by atoms with E-state index >= 15 is 0 Å². The minimum absolute atomic E-state index is 0.0890. The third-order valence-corrected chi connectivity index (χ3v) is 4.24. The first kappa shape index (κ1) is 14.8. The van der Waals surface area contributed by atoms with Crippen LogP contribution in [0.3, 0.4) is 0 Å². The predicted octanol–water partition coefficient (Wildman–Crippen LogP) is 1.73. The van der Waals surface area contributed by atoms with Crippen molar-refractivity contribution in [2.75, 3.05) is 19.6 Å². The smallest absolute Gasteiger partial charge is 0.318 e. The normalized spacial score (nSPS) is 19.5. The molecule has 6 heteroatoms. The summed E-state index contributed by atoms with van der Waals surface area (Å²) in [5.41, 5.74) is 1.51. The zero-order chi connectivity index (χ0) is 15.7. The van der Waals surface area contributed by atoms with Gasteiger partial charge >= 0.3 is 6.03 Å². The van der Waals surface area contributed by atoms with Crippen molar-refractivity contribution >= 4 is 11.9 Å². The molecular weight excluding hydrogens is 285 g/mol. The van der Waals surface area contributed by atoms with Gasteiger partial charge in [0.2, 0.25) is 5.91 Å². The Morgan fingerprint density at radius 2 is 2.23 bits per heavy atom. The standard InChI is InChI=1S/C16H20FN3O2/c1-10-8-12(4-5-13(10)17)15(11-2-3-11)19-16(22)20-7-6-18-14(21)9-20/h4-5,8,11,15H,2-3,6-7,9H2,1H3,(H,18,21)(H,19,22). The van der Waals surface area contributed by atoms with Crippen molar-refractivity contribution in [1.82, 2.24) is 15.5 Å². The van der Waals surface area contributed by atoms with Gasteiger partial charge in [-0.05, 0) is 42.9 Å². The fourth-order valence-electron chi connectivity index (χ4n) is 2.80. The summed E-state index contributed by atoms with van der Waals surface area (Å²) < 4.78 is 13.4. The highest BCUT2D eigenvalue weighted by molar-refractivity contribution is 5.85. The van der Waals surface area contributed by atoms with Crippen LogP contribution in [0.1, 0.15) is 30.0 Å². The van der Waals surface area contributed by atoms with E-state index in [0.717, 1.165) is 18.4 Å². The van der Waals surface area contributed by atoms with Crippen molar-refractivity contribution in [3.8, 4) is 0 Å². The van der Waals surface area contributed by atoms with E-state index in [4.69, 9.17) is 0 Å². The Morgan fingerprint density at radius 3 is 2.86 bits per heavy atom. The average Bonchev–Trinajstić information content (AvgIpc) is 3.32. The maximum Gasteiger partial charge on any atom is 0.318 e. The summed E-state index contributed by atoms with van der Waals surface area (Å²) in [6.07, 6.45) is 2.11. The molecule has 1 heterocycles. The Bertz CT molecular complexity index is 601. The fraction of sp³-hybridized carbons (Fsp3) is 0.500. The summed E-state index contributed by atoms with van der Waals surface area (Å²) in [5, 5.41) is 5.72. The number of piperazine rings is 1. The Labute approximate surface area is 128 Å². The van der Waals surface area contributed by atoms with Crippen LogP contribution in [0.5, 0.6) is 0 Å². The topological polar surface area (TPSA) is 61.4 Å². The molecule has 0 aromatic heterocycles. The molecule has 0 bridgehead atoms. The van der Waals surface area contributed by atoms with Gasteiger partial charge < -0.3 is 15.5 Å². The highest BCUT2D eigenvalue weighted by atomic mass is 19.1. The maximum atomic E-state index is 13.4. The van der Waals surface area contributed by atoms with Gasteiger partial charge in [-0.1, -0.05) is 12.1 Å². The molecule has 1 unspecified atom stereocenters. The number of nitrogens with one attached hydrogen (secondary N) is 2. The monoisotopic (exact) mass is 305 g/mol. The Morgan fingerprint density at radius 1 is 1.45 bits per heavy atom. The number of hydrogen-bond donors (Lipinski definition) is 2. The molecule has 3 amide bonds. The van der Waals surface area contributed by atoms with Crippen LogP contribution < -0.4 is 10.6 Å². The molecule has 2 aliphatic rings. The molecule has 2 fully saturated rings. The molecule has 1 aliphatic heterocycles. The lowest BCUT2D eigenvalue weighted by Gasteiger charge is -2.29. The summed E-state index contributed by atoms with van der Waals surface area (Å²) in [4.78, 5) is 25.3. The molecule has 1 atom stereocenters. The SMILES string of the molecule is Cc1cc(C(NC(=O)N2CCNC(=O)C2)C2CC2)ccc1F. The van der Waals surface area contributed by atoms with Gasteiger partial charge in [0.25, 0.3) is 0 Å². The summed E-state index contributed by atoms with van der Waals surface area (Å²) in [6, 6.07) is 4.63. The molecule has 22 heavy (non-hydrogen) atoms. The second-order valence-electron chi connectivity index (χ2n) is 6.04. The van der Waals surface area contributed by atoms with Gasteiger partial charge in [0.05, 0.1) is 6.04 Å². The number of carbonyl (C=O) groups is 2. The third-order valence-electron chi connectivity index (χ3n) is 4.24. The molecule has 1 saturated carbocycles. The number of nitrogens with zero attached hydrogens (tertiary/aromatic N) is 1. The van der Waals surface area contributed by atoms with E-state index in [2.05, 4.69) is 10.6 Å². The Balaban J connectivity index is 1.73. The number of halogens is 1. The lowest BCUT2D eigenvalue weighted by Crippen LogP contribution is -2.53. The number of amides is 3. The van der Waals surface area contributed by atoms with Crippen LogP contribution in [-0.2, 0) is 4.79 Å². The number of rotatable bonds is 3. The fourth-order valence-corrected chi connectivity index (χ4v) is 2.80. The quantitative estimate of drug-likeness (QED) is 0.893. The van der Waals surface area contributed by atoms with Crippen molar-refractivity contribution in [1.29, 1.82) is 0 Å². The molecule has 118 valence electrons. The van der Waals surface area contributed by atoms with Crippen LogP contribution >= 0.6 is 0 Å². The van der Waals surface area contributed by atoms with Crippen molar-refractivity contribution in [2.24, 2.45) is 5.92 Å². The van der Waals surface area contributed by atoms with E-state index in [9.17, 15) is 14.0 Å². The Kier molecular flexibility index (Phi) is 4.00. The van der Waals surface area contributed by atoms with Gasteiger partial charge in [-0.3, -0.25) is 4.79 Å². The highest BCUT2D eigenvalue weighted by Crippen LogP contribution is 2.41. The first-order valence-electron chi connectivity index (χ1n) is 7.63. The second kappa shape index (κ2) is 5.94. The van der Waals surface area contributed by atoms with E-state index < -0.39 is 0 Å². The van der Waals surface area contributed by atoms with Gasteiger partial charge in [0.15, 0.2) is 0 Å². The Hall–Kier alpha value is -2.11. The molecular formula is C16H20FN3O2. The van der Waals surface area contributed by atoms with Crippen LogP contribution in [0.4, 0.5) is 9.18 Å². The average molecular weight is 305 g/mol. The van der Waals surface area contributed by atoms with E-state index in [0.29, 0.717) is 24.6 Å². The second-order valence-corrected chi connectivity index (χ2v) is 6.04. The number of hydrogen-bond acceptors (Lipinski definition) is 2. The molecule has 3 rings (SSSR count). The highest BCUT2D eigenvalue weighted by Gasteiger charge is 2.35. The summed E-state index contributed by atoms with van der Waals surface area (Å²) in [7, 11) is 0. The molecule has 5 nitrogen and oxygen atoms in total. The lowest BCUT2D eigenvalue weighted by atomic mass is 10.0. The molecule has 0 spiro atoms. The van der Waals surface area contributed by atoms with Gasteiger partial charge in [-0.2, -0.15) is 0 Å². The summed E-state index contributed by atoms with van der Waals surface area (Å²) in [6.45, 7) is 2.80. The first-order valence-corrected chi connectivity index (χ1v) is 7.63. The lowest BCUT2D eigenvalue weighted by molar-refractivity contribution is -0.123. The zero-order valence-corrected chi connectivity index (χ0v) is 12.6. The van der Waals surface area contributed by atoms with Crippen LogP contribution in [0.2, 0.25) is 0 Å².